The zero-order valence-electron chi connectivity index (χ0n) is 13.8. The number of ether oxygens (including phenoxy) is 2. The fourth-order valence-corrected chi connectivity index (χ4v) is 2.96. The van der Waals surface area contributed by atoms with Crippen LogP contribution in [0.25, 0.3) is 0 Å². The van der Waals surface area contributed by atoms with Crippen LogP contribution in [0.3, 0.4) is 0 Å². The molecule has 0 atom stereocenters. The van der Waals surface area contributed by atoms with Crippen LogP contribution in [0.4, 0.5) is 5.69 Å². The second-order valence-corrected chi connectivity index (χ2v) is 6.81. The number of rotatable bonds is 8. The van der Waals surface area contributed by atoms with E-state index in [0.29, 0.717) is 0 Å². The maximum absolute atomic E-state index is 11.9. The first-order chi connectivity index (χ1) is 12.1. The van der Waals surface area contributed by atoms with E-state index in [9.17, 15) is 18.0 Å². The number of benzene rings is 1. The molecule has 0 aliphatic carbocycles. The number of esters is 2. The standard InChI is InChI=1S/C14H16Cl2N2O7S/c1-3-24-13(19)7-11(14(20)25-4-2)18-17-10-5-9(16)12(6-8(10)15)26(21,22)23/h5-6,17H,3-4,7H2,1-2H3,(H,21,22,23)/b18-11+. The number of halogens is 2. The van der Waals surface area contributed by atoms with Crippen LogP contribution in [-0.2, 0) is 29.2 Å². The van der Waals surface area contributed by atoms with E-state index < -0.39 is 33.4 Å². The Labute approximate surface area is 160 Å². The van der Waals surface area contributed by atoms with Crippen molar-refractivity contribution in [3.8, 4) is 0 Å². The largest absolute Gasteiger partial charge is 0.466 e. The van der Waals surface area contributed by atoms with Gasteiger partial charge in [0.25, 0.3) is 10.1 Å². The number of carbonyl (C=O) groups is 2. The zero-order valence-corrected chi connectivity index (χ0v) is 16.1. The molecule has 0 aliphatic rings. The lowest BCUT2D eigenvalue weighted by atomic mass is 10.3. The average molecular weight is 427 g/mol. The number of nitrogens with one attached hydrogen (secondary N) is 1. The molecule has 0 aromatic heterocycles. The van der Waals surface area contributed by atoms with E-state index in [-0.39, 0.29) is 34.7 Å². The fourth-order valence-electron chi connectivity index (χ4n) is 1.66. The predicted octanol–water partition coefficient (Wildman–Crippen LogP) is 2.52. The summed E-state index contributed by atoms with van der Waals surface area (Å²) in [5.74, 6) is -1.53. The van der Waals surface area contributed by atoms with Gasteiger partial charge in [-0.25, -0.2) is 4.79 Å². The minimum atomic E-state index is -4.56. The summed E-state index contributed by atoms with van der Waals surface area (Å²) in [4.78, 5) is 22.9. The van der Waals surface area contributed by atoms with Crippen LogP contribution < -0.4 is 5.43 Å². The molecule has 144 valence electrons. The topological polar surface area (TPSA) is 131 Å². The molecule has 12 heteroatoms. The second kappa shape index (κ2) is 9.72. The maximum Gasteiger partial charge on any atom is 0.355 e. The van der Waals surface area contributed by atoms with Crippen molar-refractivity contribution in [3.05, 3.63) is 22.2 Å². The Bertz CT molecular complexity index is 825. The Morgan fingerprint density at radius 1 is 1.15 bits per heavy atom. The molecule has 9 nitrogen and oxygen atoms in total. The quantitative estimate of drug-likeness (QED) is 0.280. The van der Waals surface area contributed by atoms with Gasteiger partial charge in [-0.05, 0) is 26.0 Å². The molecule has 1 aromatic rings. The van der Waals surface area contributed by atoms with Crippen molar-refractivity contribution in [2.45, 2.75) is 25.2 Å². The van der Waals surface area contributed by atoms with Gasteiger partial charge in [-0.15, -0.1) is 0 Å². The van der Waals surface area contributed by atoms with Gasteiger partial charge in [0.2, 0.25) is 0 Å². The third-order valence-corrected chi connectivity index (χ3v) is 4.37. The van der Waals surface area contributed by atoms with Gasteiger partial charge in [-0.2, -0.15) is 13.5 Å². The SMILES string of the molecule is CCOC(=O)C/C(=N\Nc1cc(Cl)c(S(=O)(=O)O)cc1Cl)C(=O)OCC. The summed E-state index contributed by atoms with van der Waals surface area (Å²) in [6, 6.07) is 2.00. The highest BCUT2D eigenvalue weighted by Gasteiger charge is 2.20. The highest BCUT2D eigenvalue weighted by Crippen LogP contribution is 2.31. The first kappa shape index (κ1) is 22.2. The lowest BCUT2D eigenvalue weighted by Gasteiger charge is -2.10. The van der Waals surface area contributed by atoms with Crippen LogP contribution in [0.1, 0.15) is 20.3 Å². The van der Waals surface area contributed by atoms with Gasteiger partial charge in [-0.3, -0.25) is 14.8 Å². The number of anilines is 1. The van der Waals surface area contributed by atoms with Crippen LogP contribution >= 0.6 is 23.2 Å². The number of hydrazone groups is 1. The molecule has 1 rings (SSSR count). The summed E-state index contributed by atoms with van der Waals surface area (Å²) in [6.07, 6.45) is -0.450. The van der Waals surface area contributed by atoms with Gasteiger partial charge in [0, 0.05) is 0 Å². The fraction of sp³-hybridized carbons (Fsp3) is 0.357. The van der Waals surface area contributed by atoms with Crippen molar-refractivity contribution >= 4 is 56.7 Å². The van der Waals surface area contributed by atoms with Gasteiger partial charge in [-0.1, -0.05) is 23.2 Å². The Balaban J connectivity index is 3.13. The van der Waals surface area contributed by atoms with Gasteiger partial charge in [0.1, 0.15) is 4.90 Å². The predicted molar refractivity (Wildman–Crippen MR) is 95.2 cm³/mol. The van der Waals surface area contributed by atoms with Gasteiger partial charge < -0.3 is 9.47 Å². The lowest BCUT2D eigenvalue weighted by Crippen LogP contribution is -2.23. The second-order valence-electron chi connectivity index (χ2n) is 4.61. The van der Waals surface area contributed by atoms with E-state index in [1.165, 1.54) is 0 Å². The summed E-state index contributed by atoms with van der Waals surface area (Å²) in [5.41, 5.74) is 2.16. The Morgan fingerprint density at radius 3 is 2.31 bits per heavy atom. The monoisotopic (exact) mass is 426 g/mol. The van der Waals surface area contributed by atoms with Crippen LogP contribution in [0.2, 0.25) is 10.0 Å². The lowest BCUT2D eigenvalue weighted by molar-refractivity contribution is -0.143. The molecule has 0 fully saturated rings. The molecule has 0 amide bonds. The molecule has 0 aliphatic heterocycles. The first-order valence-corrected chi connectivity index (χ1v) is 9.41. The Morgan fingerprint density at radius 2 is 1.77 bits per heavy atom. The zero-order chi connectivity index (χ0) is 19.9. The number of hydrogen-bond donors (Lipinski definition) is 2. The third kappa shape index (κ3) is 6.45. The highest BCUT2D eigenvalue weighted by molar-refractivity contribution is 7.86. The summed E-state index contributed by atoms with van der Waals surface area (Å²) < 4.78 is 41.0. The van der Waals surface area contributed by atoms with E-state index in [4.69, 9.17) is 37.2 Å². The molecule has 0 unspecified atom stereocenters. The average Bonchev–Trinajstić information content (AvgIpc) is 2.53. The van der Waals surface area contributed by atoms with Crippen molar-refractivity contribution in [1.29, 1.82) is 0 Å². The van der Waals surface area contributed by atoms with Crippen molar-refractivity contribution in [1.82, 2.24) is 0 Å². The molecule has 26 heavy (non-hydrogen) atoms. The Kier molecular flexibility index (Phi) is 8.28. The summed E-state index contributed by atoms with van der Waals surface area (Å²) in [6.45, 7) is 3.38. The van der Waals surface area contributed by atoms with E-state index in [1.54, 1.807) is 13.8 Å². The van der Waals surface area contributed by atoms with Crippen molar-refractivity contribution < 1.29 is 32.0 Å². The number of carbonyl (C=O) groups excluding carboxylic acids is 2. The Hall–Kier alpha value is -1.88. The molecule has 0 saturated carbocycles. The molecule has 0 spiro atoms. The molecule has 0 heterocycles. The van der Waals surface area contributed by atoms with Crippen LogP contribution in [-0.4, -0.2) is 43.8 Å². The summed E-state index contributed by atoms with van der Waals surface area (Å²) in [5, 5.41) is 3.30. The van der Waals surface area contributed by atoms with Crippen LogP contribution in [0.15, 0.2) is 22.1 Å². The van der Waals surface area contributed by atoms with E-state index in [1.807, 2.05) is 0 Å². The highest BCUT2D eigenvalue weighted by atomic mass is 35.5. The normalized spacial score (nSPS) is 11.8. The minimum Gasteiger partial charge on any atom is -0.466 e. The van der Waals surface area contributed by atoms with Crippen molar-refractivity contribution in [3.63, 3.8) is 0 Å². The van der Waals surface area contributed by atoms with Crippen molar-refractivity contribution in [2.75, 3.05) is 18.6 Å². The summed E-state index contributed by atoms with van der Waals surface area (Å²) >= 11 is 11.7. The van der Waals surface area contributed by atoms with Gasteiger partial charge in [0.15, 0.2) is 5.71 Å². The summed E-state index contributed by atoms with van der Waals surface area (Å²) in [7, 11) is -4.56. The molecular weight excluding hydrogens is 411 g/mol. The molecule has 2 N–H and O–H groups in total. The number of hydrogen-bond acceptors (Lipinski definition) is 8. The maximum atomic E-state index is 11.9. The smallest absolute Gasteiger partial charge is 0.355 e. The third-order valence-electron chi connectivity index (χ3n) is 2.74. The molecule has 0 bridgehead atoms. The van der Waals surface area contributed by atoms with Gasteiger partial charge in [0.05, 0.1) is 35.4 Å². The molecule has 0 saturated heterocycles. The van der Waals surface area contributed by atoms with E-state index >= 15 is 0 Å². The van der Waals surface area contributed by atoms with E-state index in [2.05, 4.69) is 10.5 Å². The van der Waals surface area contributed by atoms with E-state index in [0.717, 1.165) is 12.1 Å². The molecule has 1 aromatic carbocycles. The van der Waals surface area contributed by atoms with Crippen molar-refractivity contribution in [2.24, 2.45) is 5.10 Å². The van der Waals surface area contributed by atoms with Gasteiger partial charge >= 0.3 is 11.9 Å². The van der Waals surface area contributed by atoms with Crippen LogP contribution in [0, 0.1) is 0 Å². The first-order valence-electron chi connectivity index (χ1n) is 7.22. The number of nitrogens with zero attached hydrogens (tertiary/aromatic N) is 1. The molecular formula is C14H16Cl2N2O7S. The molecule has 0 radical (unpaired) electrons. The van der Waals surface area contributed by atoms with Crippen LogP contribution in [0.5, 0.6) is 0 Å². The minimum absolute atomic E-state index is 0.0368.